The van der Waals surface area contributed by atoms with Crippen molar-refractivity contribution >= 4 is 43.5 Å². The highest BCUT2D eigenvalue weighted by Gasteiger charge is 2.35. The summed E-state index contributed by atoms with van der Waals surface area (Å²) in [5, 5.41) is 3.05. The number of anilines is 1. The van der Waals surface area contributed by atoms with Crippen LogP contribution in [0.3, 0.4) is 0 Å². The lowest BCUT2D eigenvalue weighted by Gasteiger charge is -2.34. The van der Waals surface area contributed by atoms with E-state index >= 15 is 0 Å². The van der Waals surface area contributed by atoms with Gasteiger partial charge < -0.3 is 10.2 Å². The van der Waals surface area contributed by atoms with Crippen LogP contribution in [0.25, 0.3) is 0 Å². The van der Waals surface area contributed by atoms with Gasteiger partial charge in [-0.1, -0.05) is 108 Å². The Morgan fingerprint density at radius 2 is 1.40 bits per heavy atom. The molecule has 1 N–H and O–H groups in total. The van der Waals surface area contributed by atoms with Gasteiger partial charge in [-0.15, -0.1) is 0 Å². The molecule has 4 rings (SSSR count). The normalized spacial score (nSPS) is 12.6. The van der Waals surface area contributed by atoms with E-state index < -0.39 is 28.5 Å². The first-order valence-corrected chi connectivity index (χ1v) is 16.4. The fourth-order valence-corrected chi connectivity index (χ4v) is 6.47. The van der Waals surface area contributed by atoms with Crippen molar-refractivity contribution in [1.82, 2.24) is 10.2 Å². The van der Waals surface area contributed by atoms with E-state index in [0.29, 0.717) is 10.2 Å². The van der Waals surface area contributed by atoms with Gasteiger partial charge in [-0.05, 0) is 54.8 Å². The molecular weight excluding hydrogens is 626 g/mol. The van der Waals surface area contributed by atoms with E-state index in [4.69, 9.17) is 0 Å². The lowest BCUT2D eigenvalue weighted by molar-refractivity contribution is -0.140. The fourth-order valence-electron chi connectivity index (χ4n) is 4.65. The zero-order valence-electron chi connectivity index (χ0n) is 24.3. The number of hydrogen-bond acceptors (Lipinski definition) is 4. The predicted octanol–water partition coefficient (Wildman–Crippen LogP) is 6.20. The van der Waals surface area contributed by atoms with E-state index in [9.17, 15) is 18.0 Å². The van der Waals surface area contributed by atoms with Crippen LogP contribution in [0, 0.1) is 0 Å². The average molecular weight is 663 g/mol. The number of nitrogens with zero attached hydrogens (tertiary/aromatic N) is 2. The number of carbonyl (C=O) groups is 2. The number of benzene rings is 4. The number of carbonyl (C=O) groups excluding carboxylic acids is 2. The molecule has 0 aliphatic carbocycles. The molecule has 7 nitrogen and oxygen atoms in total. The van der Waals surface area contributed by atoms with Gasteiger partial charge in [0.15, 0.2) is 0 Å². The zero-order valence-corrected chi connectivity index (χ0v) is 26.7. The molecule has 0 aliphatic rings. The summed E-state index contributed by atoms with van der Waals surface area (Å²) in [6.07, 6.45) is 0.992. The van der Waals surface area contributed by atoms with Gasteiger partial charge in [0.2, 0.25) is 11.8 Å². The molecule has 0 saturated carbocycles. The van der Waals surface area contributed by atoms with Crippen molar-refractivity contribution in [2.75, 3.05) is 10.8 Å². The molecule has 0 aromatic heterocycles. The lowest BCUT2D eigenvalue weighted by atomic mass is 10.0. The van der Waals surface area contributed by atoms with Crippen LogP contribution >= 0.6 is 15.9 Å². The Labute approximate surface area is 262 Å². The van der Waals surface area contributed by atoms with E-state index in [1.165, 1.54) is 17.0 Å². The highest BCUT2D eigenvalue weighted by Crippen LogP contribution is 2.27. The minimum atomic E-state index is -4.14. The van der Waals surface area contributed by atoms with Crippen molar-refractivity contribution in [3.63, 3.8) is 0 Å². The van der Waals surface area contributed by atoms with E-state index in [2.05, 4.69) is 21.2 Å². The van der Waals surface area contributed by atoms with Crippen LogP contribution in [0.15, 0.2) is 125 Å². The van der Waals surface area contributed by atoms with E-state index in [1.54, 1.807) is 42.5 Å². The molecule has 4 aromatic rings. The van der Waals surface area contributed by atoms with Crippen LogP contribution in [0.5, 0.6) is 0 Å². The maximum Gasteiger partial charge on any atom is 0.264 e. The van der Waals surface area contributed by atoms with Gasteiger partial charge in [-0.3, -0.25) is 13.9 Å². The Balaban J connectivity index is 1.79. The molecular formula is C34H36BrN3O4S. The van der Waals surface area contributed by atoms with Crippen molar-refractivity contribution in [1.29, 1.82) is 0 Å². The molecule has 224 valence electrons. The van der Waals surface area contributed by atoms with Crippen LogP contribution < -0.4 is 9.62 Å². The molecule has 0 bridgehead atoms. The second-order valence-electron chi connectivity index (χ2n) is 10.3. The van der Waals surface area contributed by atoms with Gasteiger partial charge in [-0.2, -0.15) is 0 Å². The molecule has 0 heterocycles. The maximum atomic E-state index is 14.4. The Bertz CT molecular complexity index is 1600. The standard InChI is InChI=1S/C34H36BrN3O4S/c1-3-26(2)36-34(40)32(22-27-14-7-4-8-15-27)37(24-28-16-9-5-10-17-28)33(39)25-38(30-19-13-18-29(35)23-30)43(41,42)31-20-11-6-12-21-31/h4-21,23,26,32H,3,22,24-25H2,1-2H3,(H,36,40)/t26-,32-/m0/s1. The number of rotatable bonds is 13. The Kier molecular flexibility index (Phi) is 11.1. The summed E-state index contributed by atoms with van der Waals surface area (Å²) in [6.45, 7) is 3.53. The first kappa shape index (κ1) is 32.0. The smallest absolute Gasteiger partial charge is 0.264 e. The van der Waals surface area contributed by atoms with Crippen LogP contribution in [-0.4, -0.2) is 43.8 Å². The number of hydrogen-bond donors (Lipinski definition) is 1. The van der Waals surface area contributed by atoms with Crippen LogP contribution in [-0.2, 0) is 32.6 Å². The molecule has 0 saturated heterocycles. The fraction of sp³-hybridized carbons (Fsp3) is 0.235. The monoisotopic (exact) mass is 661 g/mol. The van der Waals surface area contributed by atoms with Crippen LogP contribution in [0.1, 0.15) is 31.4 Å². The first-order valence-electron chi connectivity index (χ1n) is 14.2. The van der Waals surface area contributed by atoms with Crippen molar-refractivity contribution in [2.45, 2.75) is 50.2 Å². The third-order valence-electron chi connectivity index (χ3n) is 7.17. The van der Waals surface area contributed by atoms with Crippen molar-refractivity contribution < 1.29 is 18.0 Å². The third-order valence-corrected chi connectivity index (χ3v) is 9.46. The van der Waals surface area contributed by atoms with Gasteiger partial charge in [0.25, 0.3) is 10.0 Å². The van der Waals surface area contributed by atoms with E-state index in [0.717, 1.165) is 21.9 Å². The SMILES string of the molecule is CC[C@H](C)NC(=O)[C@H](Cc1ccccc1)N(Cc1ccccc1)C(=O)CN(c1cccc(Br)c1)S(=O)(=O)c1ccccc1. The van der Waals surface area contributed by atoms with Crippen molar-refractivity contribution in [2.24, 2.45) is 0 Å². The summed E-state index contributed by atoms with van der Waals surface area (Å²) in [5.41, 5.74) is 2.04. The molecule has 0 fully saturated rings. The second-order valence-corrected chi connectivity index (χ2v) is 13.1. The van der Waals surface area contributed by atoms with E-state index in [-0.39, 0.29) is 29.8 Å². The summed E-state index contributed by atoms with van der Waals surface area (Å²) in [6, 6.07) is 32.8. The van der Waals surface area contributed by atoms with Gasteiger partial charge in [0.05, 0.1) is 10.6 Å². The molecule has 0 radical (unpaired) electrons. The topological polar surface area (TPSA) is 86.8 Å². The molecule has 2 atom stereocenters. The van der Waals surface area contributed by atoms with Crippen molar-refractivity contribution in [3.8, 4) is 0 Å². The molecule has 0 unspecified atom stereocenters. The lowest BCUT2D eigenvalue weighted by Crippen LogP contribution is -2.54. The summed E-state index contributed by atoms with van der Waals surface area (Å²) >= 11 is 3.43. The largest absolute Gasteiger partial charge is 0.352 e. The highest BCUT2D eigenvalue weighted by atomic mass is 79.9. The number of sulfonamides is 1. The molecule has 2 amide bonds. The van der Waals surface area contributed by atoms with E-state index in [1.807, 2.05) is 74.5 Å². The molecule has 9 heteroatoms. The molecule has 4 aromatic carbocycles. The maximum absolute atomic E-state index is 14.4. The van der Waals surface area contributed by atoms with Gasteiger partial charge in [0.1, 0.15) is 12.6 Å². The molecule has 0 spiro atoms. The minimum absolute atomic E-state index is 0.0627. The summed E-state index contributed by atoms with van der Waals surface area (Å²) in [5.74, 6) is -0.786. The first-order chi connectivity index (χ1) is 20.7. The zero-order chi connectivity index (χ0) is 30.8. The Morgan fingerprint density at radius 1 is 0.814 bits per heavy atom. The Hall–Kier alpha value is -3.95. The number of nitrogens with one attached hydrogen (secondary N) is 1. The van der Waals surface area contributed by atoms with Crippen LogP contribution in [0.4, 0.5) is 5.69 Å². The summed E-state index contributed by atoms with van der Waals surface area (Å²) in [7, 11) is -4.14. The second kappa shape index (κ2) is 15.0. The van der Waals surface area contributed by atoms with Gasteiger partial charge >= 0.3 is 0 Å². The number of halogens is 1. The highest BCUT2D eigenvalue weighted by molar-refractivity contribution is 9.10. The Morgan fingerprint density at radius 3 is 1.98 bits per heavy atom. The average Bonchev–Trinajstić information content (AvgIpc) is 3.02. The van der Waals surface area contributed by atoms with Crippen molar-refractivity contribution in [3.05, 3.63) is 131 Å². The predicted molar refractivity (Wildman–Crippen MR) is 174 cm³/mol. The summed E-state index contributed by atoms with van der Waals surface area (Å²) in [4.78, 5) is 29.8. The summed E-state index contributed by atoms with van der Waals surface area (Å²) < 4.78 is 29.8. The quantitative estimate of drug-likeness (QED) is 0.185. The number of amides is 2. The third kappa shape index (κ3) is 8.55. The van der Waals surface area contributed by atoms with Gasteiger partial charge in [0, 0.05) is 23.5 Å². The molecule has 0 aliphatic heterocycles. The van der Waals surface area contributed by atoms with Crippen LogP contribution in [0.2, 0.25) is 0 Å². The van der Waals surface area contributed by atoms with Gasteiger partial charge in [-0.25, -0.2) is 8.42 Å². The molecule has 43 heavy (non-hydrogen) atoms. The minimum Gasteiger partial charge on any atom is -0.352 e.